The van der Waals surface area contributed by atoms with Crippen LogP contribution < -0.4 is 0 Å². The molecule has 1 N–H and O–H groups in total. The largest absolute Gasteiger partial charge is 0.478 e. The molecule has 0 atom stereocenters. The predicted octanol–water partition coefficient (Wildman–Crippen LogP) is 9.43. The summed E-state index contributed by atoms with van der Waals surface area (Å²) < 4.78 is 0. The molecule has 0 saturated carbocycles. The van der Waals surface area contributed by atoms with Crippen molar-refractivity contribution >= 4 is 5.97 Å². The van der Waals surface area contributed by atoms with E-state index < -0.39 is 5.97 Å². The number of carbonyl (C=O) groups is 1. The van der Waals surface area contributed by atoms with Gasteiger partial charge in [0.15, 0.2) is 0 Å². The molecule has 0 bridgehead atoms. The zero-order valence-corrected chi connectivity index (χ0v) is 21.4. The van der Waals surface area contributed by atoms with Crippen molar-refractivity contribution in [3.63, 3.8) is 0 Å². The highest BCUT2D eigenvalue weighted by Crippen LogP contribution is 2.46. The molecule has 0 saturated heterocycles. The minimum absolute atomic E-state index is 0.277. The molecule has 0 heterocycles. The normalized spacial score (nSPS) is 12.3. The van der Waals surface area contributed by atoms with Crippen molar-refractivity contribution in [3.8, 4) is 0 Å². The van der Waals surface area contributed by atoms with Crippen molar-refractivity contribution in [1.82, 2.24) is 0 Å². The zero-order valence-electron chi connectivity index (χ0n) is 21.4. The SMILES string of the molecule is C=C(C(=O)O)C(CCCCCCCCCCCCCCCC(C)C)(C(C)C)C(C)C. The molecule has 0 unspecified atom stereocenters. The van der Waals surface area contributed by atoms with E-state index in [9.17, 15) is 9.90 Å². The van der Waals surface area contributed by atoms with Crippen molar-refractivity contribution in [1.29, 1.82) is 0 Å². The van der Waals surface area contributed by atoms with E-state index in [-0.39, 0.29) is 5.41 Å². The molecule has 178 valence electrons. The third-order valence-electron chi connectivity index (χ3n) is 7.25. The van der Waals surface area contributed by atoms with E-state index in [1.807, 2.05) is 0 Å². The number of rotatable bonds is 20. The topological polar surface area (TPSA) is 37.3 Å². The fourth-order valence-electron chi connectivity index (χ4n) is 5.21. The van der Waals surface area contributed by atoms with E-state index in [1.54, 1.807) is 0 Å². The van der Waals surface area contributed by atoms with Gasteiger partial charge < -0.3 is 5.11 Å². The van der Waals surface area contributed by atoms with Crippen molar-refractivity contribution in [2.75, 3.05) is 0 Å². The van der Waals surface area contributed by atoms with Crippen molar-refractivity contribution in [2.24, 2.45) is 23.2 Å². The highest BCUT2D eigenvalue weighted by molar-refractivity contribution is 5.87. The van der Waals surface area contributed by atoms with Crippen LogP contribution >= 0.6 is 0 Å². The summed E-state index contributed by atoms with van der Waals surface area (Å²) in [6.45, 7) is 17.2. The van der Waals surface area contributed by atoms with E-state index >= 15 is 0 Å². The number of hydrogen-bond donors (Lipinski definition) is 1. The summed E-state index contributed by atoms with van der Waals surface area (Å²) in [7, 11) is 0. The van der Waals surface area contributed by atoms with Gasteiger partial charge in [0.2, 0.25) is 0 Å². The molecule has 0 spiro atoms. The molecule has 0 aliphatic rings. The van der Waals surface area contributed by atoms with E-state index in [1.165, 1.54) is 83.5 Å². The first-order chi connectivity index (χ1) is 14.2. The summed E-state index contributed by atoms with van der Waals surface area (Å²) in [5, 5.41) is 9.55. The number of unbranched alkanes of at least 4 members (excludes halogenated alkanes) is 12. The van der Waals surface area contributed by atoms with E-state index in [2.05, 4.69) is 48.1 Å². The molecule has 0 fully saturated rings. The Kier molecular flexibility index (Phi) is 16.4. The Morgan fingerprint density at radius 1 is 0.667 bits per heavy atom. The Bertz CT molecular complexity index is 440. The second-order valence-corrected chi connectivity index (χ2v) is 10.7. The smallest absolute Gasteiger partial charge is 0.331 e. The number of aliphatic carboxylic acids is 1. The van der Waals surface area contributed by atoms with Gasteiger partial charge in [-0.15, -0.1) is 0 Å². The van der Waals surface area contributed by atoms with Gasteiger partial charge in [0.25, 0.3) is 0 Å². The molecule has 0 aromatic heterocycles. The van der Waals surface area contributed by atoms with Crippen LogP contribution in [0.2, 0.25) is 0 Å². The van der Waals surface area contributed by atoms with Crippen molar-refractivity contribution in [2.45, 2.75) is 138 Å². The van der Waals surface area contributed by atoms with Crippen LogP contribution in [0, 0.1) is 23.2 Å². The molecule has 0 radical (unpaired) electrons. The average molecular weight is 423 g/mol. The highest BCUT2D eigenvalue weighted by atomic mass is 16.4. The molecule has 0 aliphatic carbocycles. The van der Waals surface area contributed by atoms with Crippen LogP contribution in [0.4, 0.5) is 0 Å². The molecule has 0 aromatic rings. The first-order valence-corrected chi connectivity index (χ1v) is 13.1. The Labute approximate surface area is 189 Å². The van der Waals surface area contributed by atoms with Gasteiger partial charge >= 0.3 is 5.97 Å². The summed E-state index contributed by atoms with van der Waals surface area (Å²) >= 11 is 0. The van der Waals surface area contributed by atoms with Gasteiger partial charge in [-0.2, -0.15) is 0 Å². The number of hydrogen-bond acceptors (Lipinski definition) is 1. The molecule has 30 heavy (non-hydrogen) atoms. The maximum absolute atomic E-state index is 11.6. The quantitative estimate of drug-likeness (QED) is 0.157. The predicted molar refractivity (Wildman–Crippen MR) is 133 cm³/mol. The van der Waals surface area contributed by atoms with Gasteiger partial charge in [-0.1, -0.05) is 138 Å². The monoisotopic (exact) mass is 422 g/mol. The Morgan fingerprint density at radius 2 is 1.00 bits per heavy atom. The van der Waals surface area contributed by atoms with Gasteiger partial charge in [-0.05, 0) is 24.2 Å². The lowest BCUT2D eigenvalue weighted by Crippen LogP contribution is -2.37. The van der Waals surface area contributed by atoms with Crippen LogP contribution in [0.5, 0.6) is 0 Å². The highest BCUT2D eigenvalue weighted by Gasteiger charge is 2.41. The molecule has 0 rings (SSSR count). The van der Waals surface area contributed by atoms with Gasteiger partial charge in [0, 0.05) is 11.0 Å². The zero-order chi connectivity index (χ0) is 23.0. The van der Waals surface area contributed by atoms with Gasteiger partial charge in [-0.3, -0.25) is 0 Å². The molecule has 2 nitrogen and oxygen atoms in total. The molecule has 0 amide bonds. The van der Waals surface area contributed by atoms with Crippen LogP contribution in [0.15, 0.2) is 12.2 Å². The first kappa shape index (κ1) is 29.2. The molecule has 2 heteroatoms. The summed E-state index contributed by atoms with van der Waals surface area (Å²) in [5.41, 5.74) is 0.132. The van der Waals surface area contributed by atoms with Gasteiger partial charge in [-0.25, -0.2) is 4.79 Å². The summed E-state index contributed by atoms with van der Waals surface area (Å²) in [5.74, 6) is 0.641. The maximum atomic E-state index is 11.6. The lowest BCUT2D eigenvalue weighted by Gasteiger charge is -2.42. The minimum atomic E-state index is -0.826. The third-order valence-corrected chi connectivity index (χ3v) is 7.25. The van der Waals surface area contributed by atoms with Crippen LogP contribution in [-0.4, -0.2) is 11.1 Å². The lowest BCUT2D eigenvalue weighted by atomic mass is 9.62. The van der Waals surface area contributed by atoms with E-state index in [4.69, 9.17) is 0 Å². The van der Waals surface area contributed by atoms with E-state index in [0.717, 1.165) is 18.8 Å². The molecular formula is C28H54O2. The van der Waals surface area contributed by atoms with Crippen LogP contribution in [0.3, 0.4) is 0 Å². The third kappa shape index (κ3) is 11.6. The molecule has 0 aromatic carbocycles. The molecular weight excluding hydrogens is 368 g/mol. The fourth-order valence-corrected chi connectivity index (χ4v) is 5.21. The van der Waals surface area contributed by atoms with Crippen LogP contribution in [-0.2, 0) is 4.79 Å². The van der Waals surface area contributed by atoms with Crippen molar-refractivity contribution in [3.05, 3.63) is 12.2 Å². The molecule has 0 aliphatic heterocycles. The standard InChI is InChI=1S/C28H54O2/c1-23(2)21-19-17-15-13-11-9-8-10-12-14-16-18-20-22-28(24(3)4,25(5)6)26(7)27(29)30/h23-25H,7-22H2,1-6H3,(H,29,30). The Hall–Kier alpha value is -0.790. The van der Waals surface area contributed by atoms with Gasteiger partial charge in [0.05, 0.1) is 0 Å². The van der Waals surface area contributed by atoms with E-state index in [0.29, 0.717) is 17.4 Å². The van der Waals surface area contributed by atoms with Crippen molar-refractivity contribution < 1.29 is 9.90 Å². The second kappa shape index (κ2) is 16.8. The number of carboxylic acids is 1. The average Bonchev–Trinajstić information content (AvgIpc) is 2.66. The first-order valence-electron chi connectivity index (χ1n) is 13.1. The summed E-state index contributed by atoms with van der Waals surface area (Å²) in [6, 6.07) is 0. The fraction of sp³-hybridized carbons (Fsp3) is 0.893. The Balaban J connectivity index is 3.81. The van der Waals surface area contributed by atoms with Crippen LogP contribution in [0.1, 0.15) is 138 Å². The lowest BCUT2D eigenvalue weighted by molar-refractivity contribution is -0.135. The minimum Gasteiger partial charge on any atom is -0.478 e. The second-order valence-electron chi connectivity index (χ2n) is 10.7. The maximum Gasteiger partial charge on any atom is 0.331 e. The summed E-state index contributed by atoms with van der Waals surface area (Å²) in [4.78, 5) is 11.6. The number of carboxylic acid groups (broad SMARTS) is 1. The van der Waals surface area contributed by atoms with Gasteiger partial charge in [0.1, 0.15) is 0 Å². The Morgan fingerprint density at radius 3 is 1.30 bits per heavy atom. The van der Waals surface area contributed by atoms with Crippen LogP contribution in [0.25, 0.3) is 0 Å². The summed E-state index contributed by atoms with van der Waals surface area (Å²) in [6.07, 6.45) is 19.9.